The first kappa shape index (κ1) is 20.9. The molecule has 0 amide bonds. The maximum absolute atomic E-state index is 13.2. The maximum Gasteiger partial charge on any atom is 0.245 e. The number of aromatic nitrogens is 2. The molecule has 0 spiro atoms. The number of carbonyl (C=O) groups is 3. The Labute approximate surface area is 179 Å². The lowest BCUT2D eigenvalue weighted by atomic mass is 9.89. The summed E-state index contributed by atoms with van der Waals surface area (Å²) in [7, 11) is 0. The van der Waals surface area contributed by atoms with Crippen molar-refractivity contribution in [3.05, 3.63) is 89.0 Å². The lowest BCUT2D eigenvalue weighted by Gasteiger charge is -2.13. The van der Waals surface area contributed by atoms with Crippen molar-refractivity contribution in [1.82, 2.24) is 4.57 Å². The number of benzene rings is 2. The first-order valence-electron chi connectivity index (χ1n) is 9.36. The lowest BCUT2D eigenvalue weighted by molar-refractivity contribution is -0.684. The van der Waals surface area contributed by atoms with Crippen LogP contribution in [0, 0.1) is 5.92 Å². The fourth-order valence-electron chi connectivity index (χ4n) is 3.69. The molecule has 0 saturated heterocycles. The van der Waals surface area contributed by atoms with Crippen LogP contribution in [0.1, 0.15) is 56.3 Å². The van der Waals surface area contributed by atoms with Crippen molar-refractivity contribution in [2.75, 3.05) is 0 Å². The van der Waals surface area contributed by atoms with Gasteiger partial charge < -0.3 is 17.0 Å². The molecule has 0 aliphatic heterocycles. The summed E-state index contributed by atoms with van der Waals surface area (Å²) < 4.78 is 3.44. The number of fused-ring (bicyclic) bond motifs is 2. The van der Waals surface area contributed by atoms with Crippen LogP contribution in [-0.4, -0.2) is 21.9 Å². The van der Waals surface area contributed by atoms with Crippen LogP contribution in [0.15, 0.2) is 60.9 Å². The van der Waals surface area contributed by atoms with E-state index >= 15 is 0 Å². The molecular formula is C23H21BrN2O3. The highest BCUT2D eigenvalue weighted by atomic mass is 79.9. The van der Waals surface area contributed by atoms with Gasteiger partial charge in [-0.2, -0.15) is 0 Å². The van der Waals surface area contributed by atoms with Gasteiger partial charge in [-0.3, -0.25) is 14.4 Å². The molecule has 148 valence electrons. The summed E-state index contributed by atoms with van der Waals surface area (Å²) in [5.74, 6) is -0.200. The predicted molar refractivity (Wildman–Crippen MR) is 104 cm³/mol. The second kappa shape index (κ2) is 8.25. The van der Waals surface area contributed by atoms with Crippen LogP contribution in [0.2, 0.25) is 0 Å². The summed E-state index contributed by atoms with van der Waals surface area (Å²) in [6.45, 7) is 4.71. The van der Waals surface area contributed by atoms with E-state index in [0.29, 0.717) is 34.6 Å². The second-order valence-corrected chi connectivity index (χ2v) is 7.48. The highest BCUT2D eigenvalue weighted by Crippen LogP contribution is 2.26. The Morgan fingerprint density at radius 3 is 2.14 bits per heavy atom. The number of halogens is 1. The van der Waals surface area contributed by atoms with Gasteiger partial charge in [0.15, 0.2) is 6.54 Å². The van der Waals surface area contributed by atoms with E-state index in [2.05, 4.69) is 13.8 Å². The number of carbonyl (C=O) groups excluding carboxylic acids is 3. The smallest absolute Gasteiger partial charge is 0.245 e. The van der Waals surface area contributed by atoms with Crippen LogP contribution in [-0.2, 0) is 13.1 Å². The number of hydrogen-bond acceptors (Lipinski definition) is 3. The topological polar surface area (TPSA) is 60.0 Å². The molecule has 2 aromatic carbocycles. The molecule has 29 heavy (non-hydrogen) atoms. The number of Topliss-reactive ketones (excluding diaryl/α,β-unsaturated/α-hetero) is 1. The highest BCUT2D eigenvalue weighted by Gasteiger charge is 2.41. The monoisotopic (exact) mass is 452 g/mol. The van der Waals surface area contributed by atoms with Crippen molar-refractivity contribution < 1.29 is 35.9 Å². The molecule has 0 bridgehead atoms. The summed E-state index contributed by atoms with van der Waals surface area (Å²) in [4.78, 5) is 39.1. The summed E-state index contributed by atoms with van der Waals surface area (Å²) in [5, 5.41) is 0. The Morgan fingerprint density at radius 2 is 1.52 bits per heavy atom. The quantitative estimate of drug-likeness (QED) is 0.318. The molecule has 0 atom stereocenters. The normalized spacial score (nSPS) is 12.4. The molecule has 0 unspecified atom stereocenters. The lowest BCUT2D eigenvalue weighted by Crippen LogP contribution is -3.00. The molecule has 1 aliphatic carbocycles. The standard InChI is InChI=1S/C23H21N2O3.BrH/c1-15(2)12-24-14-25(13-19(26)16-8-4-3-5-9-16)21-20(24)22(27)17-10-6-7-11-18(17)23(21)28;/h3-11,14-15H,12-13H2,1-2H3;1H/q+1;/p-1. The van der Waals surface area contributed by atoms with Gasteiger partial charge in [-0.1, -0.05) is 68.4 Å². The van der Waals surface area contributed by atoms with Gasteiger partial charge in [0.1, 0.15) is 0 Å². The van der Waals surface area contributed by atoms with Crippen molar-refractivity contribution in [2.24, 2.45) is 5.92 Å². The van der Waals surface area contributed by atoms with E-state index in [1.165, 1.54) is 0 Å². The zero-order valence-corrected chi connectivity index (χ0v) is 17.8. The fourth-order valence-corrected chi connectivity index (χ4v) is 3.69. The van der Waals surface area contributed by atoms with E-state index in [0.717, 1.165) is 0 Å². The third-order valence-electron chi connectivity index (χ3n) is 4.90. The molecule has 0 radical (unpaired) electrons. The Morgan fingerprint density at radius 1 is 0.931 bits per heavy atom. The number of imidazole rings is 1. The van der Waals surface area contributed by atoms with Gasteiger partial charge in [-0.25, -0.2) is 9.13 Å². The first-order valence-corrected chi connectivity index (χ1v) is 9.36. The van der Waals surface area contributed by atoms with Gasteiger partial charge >= 0.3 is 0 Å². The average Bonchev–Trinajstić information content (AvgIpc) is 3.04. The van der Waals surface area contributed by atoms with Gasteiger partial charge in [0.05, 0.1) is 6.54 Å². The minimum Gasteiger partial charge on any atom is -1.00 e. The predicted octanol–water partition coefficient (Wildman–Crippen LogP) is 0.0939. The van der Waals surface area contributed by atoms with Crippen LogP contribution in [0.4, 0.5) is 0 Å². The molecule has 0 fully saturated rings. The third-order valence-corrected chi connectivity index (χ3v) is 4.90. The maximum atomic E-state index is 13.2. The Balaban J connectivity index is 0.00000240. The number of ketones is 3. The Bertz CT molecular complexity index is 1100. The number of hydrogen-bond donors (Lipinski definition) is 0. The molecule has 1 heterocycles. The largest absolute Gasteiger partial charge is 1.00 e. The van der Waals surface area contributed by atoms with Crippen LogP contribution < -0.4 is 21.5 Å². The molecule has 1 aliphatic rings. The van der Waals surface area contributed by atoms with Gasteiger partial charge in [-0.15, -0.1) is 0 Å². The molecule has 1 aromatic heterocycles. The van der Waals surface area contributed by atoms with E-state index in [1.807, 2.05) is 22.8 Å². The minimum atomic E-state index is -0.214. The van der Waals surface area contributed by atoms with Crippen LogP contribution in [0.3, 0.4) is 0 Å². The minimum absolute atomic E-state index is 0. The zero-order valence-electron chi connectivity index (χ0n) is 16.3. The van der Waals surface area contributed by atoms with Gasteiger partial charge in [-0.05, 0) is 5.92 Å². The third kappa shape index (κ3) is 3.72. The van der Waals surface area contributed by atoms with Crippen LogP contribution >= 0.6 is 0 Å². The van der Waals surface area contributed by atoms with Crippen molar-refractivity contribution in [2.45, 2.75) is 26.9 Å². The summed E-state index contributed by atoms with van der Waals surface area (Å²) >= 11 is 0. The second-order valence-electron chi connectivity index (χ2n) is 7.48. The molecular weight excluding hydrogens is 432 g/mol. The first-order chi connectivity index (χ1) is 13.5. The van der Waals surface area contributed by atoms with Gasteiger partial charge in [0, 0.05) is 16.7 Å². The van der Waals surface area contributed by atoms with Gasteiger partial charge in [0.2, 0.25) is 35.1 Å². The Hall–Kier alpha value is -2.86. The summed E-state index contributed by atoms with van der Waals surface area (Å²) in [5.41, 5.74) is 2.06. The number of rotatable bonds is 5. The number of nitrogens with zero attached hydrogens (tertiary/aromatic N) is 2. The zero-order chi connectivity index (χ0) is 19.8. The molecule has 0 saturated carbocycles. The highest BCUT2D eigenvalue weighted by molar-refractivity contribution is 6.26. The molecule has 0 N–H and O–H groups in total. The fraction of sp³-hybridized carbons (Fsp3) is 0.217. The van der Waals surface area contributed by atoms with E-state index in [-0.39, 0.29) is 46.8 Å². The molecule has 4 rings (SSSR count). The van der Waals surface area contributed by atoms with E-state index in [4.69, 9.17) is 0 Å². The van der Waals surface area contributed by atoms with E-state index in [1.54, 1.807) is 47.3 Å². The SMILES string of the molecule is CC(C)Cn1c[n+](CC(=O)c2ccccc2)c2c1C(=O)c1ccccc1C2=O.[Br-]. The van der Waals surface area contributed by atoms with E-state index in [9.17, 15) is 14.4 Å². The summed E-state index contributed by atoms with van der Waals surface area (Å²) in [6, 6.07) is 15.8. The van der Waals surface area contributed by atoms with Crippen LogP contribution in [0.25, 0.3) is 0 Å². The van der Waals surface area contributed by atoms with Crippen molar-refractivity contribution in [3.63, 3.8) is 0 Å². The van der Waals surface area contributed by atoms with E-state index < -0.39 is 0 Å². The molecule has 5 nitrogen and oxygen atoms in total. The van der Waals surface area contributed by atoms with Crippen molar-refractivity contribution in [1.29, 1.82) is 0 Å². The van der Waals surface area contributed by atoms with Gasteiger partial charge in [0.25, 0.3) is 0 Å². The molecule has 3 aromatic rings. The van der Waals surface area contributed by atoms with Crippen LogP contribution in [0.5, 0.6) is 0 Å². The van der Waals surface area contributed by atoms with Crippen molar-refractivity contribution >= 4 is 17.3 Å². The molecule has 6 heteroatoms. The summed E-state index contributed by atoms with van der Waals surface area (Å²) in [6.07, 6.45) is 1.73. The Kier molecular flexibility index (Phi) is 5.94. The average molecular weight is 453 g/mol. The van der Waals surface area contributed by atoms with Crippen molar-refractivity contribution in [3.8, 4) is 0 Å².